The summed E-state index contributed by atoms with van der Waals surface area (Å²) in [6, 6.07) is 5.73. The lowest BCUT2D eigenvalue weighted by molar-refractivity contribution is -0.140. The van der Waals surface area contributed by atoms with Crippen LogP contribution in [0.5, 0.6) is 5.75 Å². The Morgan fingerprint density at radius 2 is 1.62 bits per heavy atom. The molecular weight excluding hydrogens is 848 g/mol. The standard InChI is InChI=1S/C42H48F3N9O10/c1-52-31-22-48-41(51-35(31)53(24-6-3-4-7-24)23-42(44,45)40(52)60)49-29-21-27(43)26(20-32(29)61-2)36(56)47-13-15-63-17-19-64-18-16-62-14-12-46-28-9-5-8-25-34(28)39(59)54(38(25)58)30-10-11-33(55)50-37(30)57/h5,8-9,20-22,24,30,46H,3-4,6-7,10-19,23H2,1-2H3,(H,47,56)(H,48,49,51)(H,50,55,57). The second-order valence-electron chi connectivity index (χ2n) is 15.4. The molecule has 1 saturated heterocycles. The fourth-order valence-corrected chi connectivity index (χ4v) is 8.01. The number of amides is 6. The van der Waals surface area contributed by atoms with Gasteiger partial charge in [-0.1, -0.05) is 18.9 Å². The Hall–Kier alpha value is -6.39. The summed E-state index contributed by atoms with van der Waals surface area (Å²) in [7, 11) is 2.57. The van der Waals surface area contributed by atoms with Crippen LogP contribution in [0.4, 0.5) is 42.0 Å². The molecule has 3 aromatic rings. The summed E-state index contributed by atoms with van der Waals surface area (Å²) < 4.78 is 67.3. The quantitative estimate of drug-likeness (QED) is 0.100. The average Bonchev–Trinajstić information content (AvgIpc) is 3.89. The molecule has 1 saturated carbocycles. The Labute approximate surface area is 365 Å². The van der Waals surface area contributed by atoms with E-state index in [4.69, 9.17) is 18.9 Å². The van der Waals surface area contributed by atoms with Gasteiger partial charge in [0.25, 0.3) is 23.6 Å². The molecule has 0 radical (unpaired) electrons. The number of imide groups is 2. The van der Waals surface area contributed by atoms with Crippen LogP contribution in [0.15, 0.2) is 36.5 Å². The van der Waals surface area contributed by atoms with Crippen molar-refractivity contribution in [1.29, 1.82) is 0 Å². The van der Waals surface area contributed by atoms with Gasteiger partial charge in [-0.05, 0) is 37.5 Å². The third-order valence-electron chi connectivity index (χ3n) is 11.2. The number of hydrogen-bond acceptors (Lipinski definition) is 15. The van der Waals surface area contributed by atoms with E-state index in [1.54, 1.807) is 12.1 Å². The zero-order chi connectivity index (χ0) is 45.5. The molecule has 0 bridgehead atoms. The maximum Gasteiger partial charge on any atom is 0.342 e. The number of methoxy groups -OCH3 is 1. The highest BCUT2D eigenvalue weighted by Gasteiger charge is 2.49. The van der Waals surface area contributed by atoms with Gasteiger partial charge >= 0.3 is 5.92 Å². The fourth-order valence-electron chi connectivity index (χ4n) is 8.01. The number of rotatable bonds is 19. The van der Waals surface area contributed by atoms with Gasteiger partial charge in [-0.15, -0.1) is 0 Å². The summed E-state index contributed by atoms with van der Waals surface area (Å²) in [5.41, 5.74) is 0.644. The molecule has 22 heteroatoms. The Balaban J connectivity index is 0.801. The van der Waals surface area contributed by atoms with Crippen molar-refractivity contribution in [1.82, 2.24) is 25.5 Å². The molecule has 3 aliphatic heterocycles. The van der Waals surface area contributed by atoms with E-state index < -0.39 is 59.8 Å². The fraction of sp³-hybridized carbons (Fsp3) is 0.476. The van der Waals surface area contributed by atoms with Gasteiger partial charge in [-0.3, -0.25) is 39.0 Å². The van der Waals surface area contributed by atoms with Crippen molar-refractivity contribution in [2.24, 2.45) is 0 Å². The maximum absolute atomic E-state index is 15.3. The smallest absolute Gasteiger partial charge is 0.342 e. The first-order valence-corrected chi connectivity index (χ1v) is 20.8. The summed E-state index contributed by atoms with van der Waals surface area (Å²) in [5, 5.41) is 10.7. The summed E-state index contributed by atoms with van der Waals surface area (Å²) in [6.07, 6.45) is 4.40. The first kappa shape index (κ1) is 45.6. The van der Waals surface area contributed by atoms with E-state index in [-0.39, 0.29) is 111 Å². The van der Waals surface area contributed by atoms with Gasteiger partial charge in [0.05, 0.1) is 81.9 Å². The number of carbonyl (C=O) groups is 6. The van der Waals surface area contributed by atoms with Crippen LogP contribution in [-0.4, -0.2) is 142 Å². The largest absolute Gasteiger partial charge is 0.495 e. The number of nitrogens with zero attached hydrogens (tertiary/aromatic N) is 5. The molecule has 1 aromatic heterocycles. The lowest BCUT2D eigenvalue weighted by Crippen LogP contribution is -2.54. The van der Waals surface area contributed by atoms with Crippen molar-refractivity contribution < 1.29 is 60.9 Å². The molecule has 7 rings (SSSR count). The zero-order valence-electron chi connectivity index (χ0n) is 35.2. The molecule has 4 N–H and O–H groups in total. The van der Waals surface area contributed by atoms with E-state index >= 15 is 4.39 Å². The predicted molar refractivity (Wildman–Crippen MR) is 223 cm³/mol. The first-order chi connectivity index (χ1) is 30.8. The van der Waals surface area contributed by atoms with E-state index in [0.717, 1.165) is 28.7 Å². The number of benzene rings is 2. The number of carbonyl (C=O) groups excluding carboxylic acids is 6. The minimum Gasteiger partial charge on any atom is -0.495 e. The highest BCUT2D eigenvalue weighted by atomic mass is 19.3. The molecule has 64 heavy (non-hydrogen) atoms. The van der Waals surface area contributed by atoms with Gasteiger partial charge in [0.15, 0.2) is 5.82 Å². The molecular formula is C42H48F3N9O10. The number of nitrogens with one attached hydrogen (secondary N) is 4. The predicted octanol–water partition coefficient (Wildman–Crippen LogP) is 3.02. The van der Waals surface area contributed by atoms with Crippen LogP contribution >= 0.6 is 0 Å². The van der Waals surface area contributed by atoms with E-state index in [9.17, 15) is 37.5 Å². The topological polar surface area (TPSA) is 223 Å². The molecule has 6 amide bonds. The zero-order valence-corrected chi connectivity index (χ0v) is 35.2. The minimum absolute atomic E-state index is 0.0290. The van der Waals surface area contributed by atoms with Crippen molar-refractivity contribution in [3.63, 3.8) is 0 Å². The number of piperidine rings is 1. The Morgan fingerprint density at radius 1 is 0.922 bits per heavy atom. The first-order valence-electron chi connectivity index (χ1n) is 20.8. The monoisotopic (exact) mass is 895 g/mol. The molecule has 1 unspecified atom stereocenters. The van der Waals surface area contributed by atoms with Gasteiger partial charge in [0.1, 0.15) is 23.3 Å². The number of ether oxygens (including phenoxy) is 4. The van der Waals surface area contributed by atoms with Crippen molar-refractivity contribution >= 4 is 64.3 Å². The number of anilines is 5. The molecule has 2 aromatic carbocycles. The second-order valence-corrected chi connectivity index (χ2v) is 15.4. The summed E-state index contributed by atoms with van der Waals surface area (Å²) in [6.45, 7) is 0.860. The van der Waals surface area contributed by atoms with Gasteiger partial charge in [0.2, 0.25) is 17.8 Å². The van der Waals surface area contributed by atoms with Gasteiger partial charge < -0.3 is 44.7 Å². The molecule has 1 aliphatic carbocycles. The van der Waals surface area contributed by atoms with E-state index in [2.05, 4.69) is 31.2 Å². The second kappa shape index (κ2) is 20.0. The number of fused-ring (bicyclic) bond motifs is 2. The summed E-state index contributed by atoms with van der Waals surface area (Å²) >= 11 is 0. The normalized spacial score (nSPS) is 18.5. The number of halogens is 3. The molecule has 2 fully saturated rings. The van der Waals surface area contributed by atoms with Crippen molar-refractivity contribution in [3.05, 3.63) is 59.0 Å². The van der Waals surface area contributed by atoms with Crippen LogP contribution in [-0.2, 0) is 28.6 Å². The van der Waals surface area contributed by atoms with Crippen molar-refractivity contribution in [3.8, 4) is 5.75 Å². The Bertz CT molecular complexity index is 2300. The molecule has 0 spiro atoms. The Morgan fingerprint density at radius 3 is 2.33 bits per heavy atom. The highest BCUT2D eigenvalue weighted by Crippen LogP contribution is 2.40. The van der Waals surface area contributed by atoms with E-state index in [0.29, 0.717) is 25.1 Å². The molecule has 1 atom stereocenters. The van der Waals surface area contributed by atoms with Gasteiger partial charge in [0, 0.05) is 44.4 Å². The maximum atomic E-state index is 15.3. The number of aromatic nitrogens is 2. The lowest BCUT2D eigenvalue weighted by atomic mass is 10.0. The number of alkyl halides is 2. The van der Waals surface area contributed by atoms with Crippen LogP contribution in [0, 0.1) is 5.82 Å². The van der Waals surface area contributed by atoms with Crippen LogP contribution in [0.1, 0.15) is 69.6 Å². The molecule has 4 aliphatic rings. The summed E-state index contributed by atoms with van der Waals surface area (Å²) in [5.74, 6) is -8.76. The Kier molecular flexibility index (Phi) is 14.2. The highest BCUT2D eigenvalue weighted by molar-refractivity contribution is 6.25. The third kappa shape index (κ3) is 9.87. The average molecular weight is 896 g/mol. The van der Waals surface area contributed by atoms with Crippen LogP contribution in [0.25, 0.3) is 0 Å². The van der Waals surface area contributed by atoms with Crippen LogP contribution in [0.2, 0.25) is 0 Å². The van der Waals surface area contributed by atoms with E-state index in [1.165, 1.54) is 37.4 Å². The van der Waals surface area contributed by atoms with Crippen LogP contribution < -0.4 is 35.8 Å². The SMILES string of the molecule is COc1cc(C(=O)NCCOCCOCCOCCNc2cccc3c2C(=O)N(C2CCC(=O)NC2=O)C3=O)c(F)cc1Nc1ncc2c(n1)N(C1CCCC1)CC(F)(F)C(=O)N2C. The number of hydrogen-bond donors (Lipinski definition) is 4. The van der Waals surface area contributed by atoms with Gasteiger partial charge in [-0.25, -0.2) is 9.37 Å². The van der Waals surface area contributed by atoms with E-state index in [1.807, 2.05) is 0 Å². The van der Waals surface area contributed by atoms with Crippen molar-refractivity contribution in [2.75, 3.05) is 93.9 Å². The summed E-state index contributed by atoms with van der Waals surface area (Å²) in [4.78, 5) is 87.6. The van der Waals surface area contributed by atoms with Crippen molar-refractivity contribution in [2.45, 2.75) is 56.5 Å². The van der Waals surface area contributed by atoms with Crippen LogP contribution in [0.3, 0.4) is 0 Å². The lowest BCUT2D eigenvalue weighted by Gasteiger charge is -2.31. The molecule has 19 nitrogen and oxygen atoms in total. The van der Waals surface area contributed by atoms with Gasteiger partial charge in [-0.2, -0.15) is 13.8 Å². The molecule has 342 valence electrons. The molecule has 4 heterocycles. The minimum atomic E-state index is -3.65. The third-order valence-corrected chi connectivity index (χ3v) is 11.2.